The zero-order valence-corrected chi connectivity index (χ0v) is 61.4. The molecule has 9 rings (SSSR count). The number of carbonyl (C=O) groups is 12. The second-order valence-corrected chi connectivity index (χ2v) is 31.6. The third-order valence-corrected chi connectivity index (χ3v) is 24.9. The fraction of sp³-hybridized carbons (Fsp3) is 0.833. The number of likely N-dealkylation sites (N-methyl/N-ethyl adjacent to an activating group) is 5. The molecule has 4 heterocycles. The SMILES string of the molecule is CC[C@H](C)[C@@H]1NC(=O)[C@H](CC2CCCC2)N(C)C(=O)C[C@@H](C(=O)N2CCOCC2)N(C)C(=O)[C@H](C2CCCC2)N(C)C(=O)C2(CCCC2)NC(=O)[C@@H]2CCCN2C(=O)[C@H](CCC2CCC(C(F)(F)F)C(Cl)C2)NC(=O)CN(C)C(=O)[C@H](C2CCCC2)N(C)C(=O)[C@@H]2CCN2C(=O)[C@H](C)NC1=O. The highest BCUT2D eigenvalue weighted by Gasteiger charge is 2.53. The summed E-state index contributed by atoms with van der Waals surface area (Å²) in [5.41, 5.74) is -1.55. The van der Waals surface area contributed by atoms with Crippen LogP contribution in [0.1, 0.15) is 194 Å². The van der Waals surface area contributed by atoms with Gasteiger partial charge in [0.15, 0.2) is 0 Å². The van der Waals surface area contributed by atoms with Crippen LogP contribution >= 0.6 is 11.6 Å². The molecule has 0 aromatic carbocycles. The maximum absolute atomic E-state index is 15.8. The highest BCUT2D eigenvalue weighted by atomic mass is 35.5. The van der Waals surface area contributed by atoms with Crippen LogP contribution in [0.2, 0.25) is 0 Å². The molecule has 9 aliphatic rings. The number of nitrogens with one attached hydrogen (secondary N) is 4. The van der Waals surface area contributed by atoms with Gasteiger partial charge in [-0.05, 0) is 133 Å². The lowest BCUT2D eigenvalue weighted by molar-refractivity contribution is -0.182. The van der Waals surface area contributed by atoms with Gasteiger partial charge in [0.05, 0.1) is 32.1 Å². The lowest BCUT2D eigenvalue weighted by atomic mass is 9.78. The van der Waals surface area contributed by atoms with Crippen molar-refractivity contribution >= 4 is 82.5 Å². The van der Waals surface area contributed by atoms with E-state index >= 15 is 33.6 Å². The molecule has 3 unspecified atom stereocenters. The van der Waals surface area contributed by atoms with Gasteiger partial charge >= 0.3 is 6.18 Å². The van der Waals surface area contributed by atoms with E-state index < -0.39 is 173 Å². The van der Waals surface area contributed by atoms with Crippen molar-refractivity contribution in [3.05, 3.63) is 0 Å². The molecule has 0 bridgehead atoms. The summed E-state index contributed by atoms with van der Waals surface area (Å²) < 4.78 is 47.7. The molecule has 5 saturated carbocycles. The van der Waals surface area contributed by atoms with Crippen LogP contribution < -0.4 is 21.3 Å². The van der Waals surface area contributed by atoms with E-state index in [0.717, 1.165) is 51.4 Å². The van der Waals surface area contributed by atoms with Gasteiger partial charge in [-0.1, -0.05) is 84.5 Å². The van der Waals surface area contributed by atoms with E-state index in [1.807, 2.05) is 6.92 Å². The van der Waals surface area contributed by atoms with Crippen molar-refractivity contribution in [2.45, 2.75) is 266 Å². The van der Waals surface area contributed by atoms with E-state index in [0.29, 0.717) is 51.4 Å². The Balaban J connectivity index is 1.06. The number of alkyl halides is 4. The van der Waals surface area contributed by atoms with Crippen molar-refractivity contribution in [2.24, 2.45) is 35.5 Å². The minimum Gasteiger partial charge on any atom is -0.378 e. The molecule has 1 spiro atoms. The number of rotatable bonds is 10. The number of hydrogen-bond acceptors (Lipinski definition) is 13. The highest BCUT2D eigenvalue weighted by molar-refractivity contribution is 6.21. The van der Waals surface area contributed by atoms with Crippen molar-refractivity contribution in [3.63, 3.8) is 0 Å². The number of fused-ring (bicyclic) bond motifs is 2. The third kappa shape index (κ3) is 18.3. The summed E-state index contributed by atoms with van der Waals surface area (Å²) in [6.07, 6.45) is 6.56. The minimum absolute atomic E-state index is 0.00257. The Morgan fingerprint density at radius 2 is 1.21 bits per heavy atom. The number of ether oxygens (including phenoxy) is 1. The molecule has 4 saturated heterocycles. The molecule has 4 N–H and O–H groups in total. The van der Waals surface area contributed by atoms with E-state index in [-0.39, 0.29) is 121 Å². The molecule has 0 aromatic heterocycles. The van der Waals surface area contributed by atoms with Crippen LogP contribution in [-0.2, 0) is 62.3 Å². The highest BCUT2D eigenvalue weighted by Crippen LogP contribution is 2.44. The average molecular weight is 1450 g/mol. The van der Waals surface area contributed by atoms with Crippen LogP contribution in [0.25, 0.3) is 0 Å². The number of carbonyl (C=O) groups excluding carboxylic acids is 12. The van der Waals surface area contributed by atoms with Crippen molar-refractivity contribution in [2.75, 3.05) is 81.2 Å². The molecular formula is C72H112ClF3N12O13. The first-order valence-electron chi connectivity index (χ1n) is 37.7. The maximum atomic E-state index is 15.8. The van der Waals surface area contributed by atoms with Crippen molar-refractivity contribution in [3.8, 4) is 0 Å². The molecule has 9 fully saturated rings. The standard InChI is InChI=1S/C72H112ClF3N12O13/c1-9-43(2)58-63(93)77-44(3)64(94)88-34-30-53(88)66(96)84(7)59(47-21-12-13-22-47)68(98)81(4)42-56(89)78-51(29-27-46-26-28-49(50(73)39-46)72(74,75)76)65(95)87-33-18-25-52(87)62(92)80-71(31-16-17-32-71)70(100)85(8)60(48-23-14-15-24-48)69(99)83(6)55(67(97)86-35-37-101-38-36-86)41-57(90)82(5)54(61(91)79-58)40-45-19-10-11-20-45/h43-55,58-60H,9-42H2,1-8H3,(H,77,93)(H,78,89)(H,79,91)(H,80,92)/t43-,44-,46?,49?,50?,51-,52-,53-,54-,55-,58-,59-,60-/m0/s1. The summed E-state index contributed by atoms with van der Waals surface area (Å²) in [7, 11) is 7.35. The van der Waals surface area contributed by atoms with Crippen LogP contribution in [0.3, 0.4) is 0 Å². The maximum Gasteiger partial charge on any atom is 0.393 e. The summed E-state index contributed by atoms with van der Waals surface area (Å²) in [6.45, 7) is 5.51. The van der Waals surface area contributed by atoms with Crippen LogP contribution in [0, 0.1) is 35.5 Å². The first-order valence-corrected chi connectivity index (χ1v) is 38.1. The van der Waals surface area contributed by atoms with Gasteiger partial charge < -0.3 is 65.2 Å². The quantitative estimate of drug-likeness (QED) is 0.212. The molecular weight excluding hydrogens is 1330 g/mol. The lowest BCUT2D eigenvalue weighted by Crippen LogP contribution is -2.65. The molecule has 25 nitrogen and oxygen atoms in total. The third-order valence-electron chi connectivity index (χ3n) is 24.4. The zero-order valence-electron chi connectivity index (χ0n) is 60.7. The normalized spacial score (nSPS) is 32.4. The van der Waals surface area contributed by atoms with Gasteiger partial charge in [0.1, 0.15) is 59.9 Å². The fourth-order valence-electron chi connectivity index (χ4n) is 17.9. The fourth-order valence-corrected chi connectivity index (χ4v) is 18.4. The van der Waals surface area contributed by atoms with Crippen LogP contribution in [0.4, 0.5) is 13.2 Å². The predicted octanol–water partition coefficient (Wildman–Crippen LogP) is 4.88. The van der Waals surface area contributed by atoms with Crippen molar-refractivity contribution in [1.29, 1.82) is 0 Å². The average Bonchev–Trinajstić information content (AvgIpc) is 1.22. The molecule has 13 atom stereocenters. The first kappa shape index (κ1) is 78.8. The lowest BCUT2D eigenvalue weighted by Gasteiger charge is -2.45. The zero-order chi connectivity index (χ0) is 73.4. The Labute approximate surface area is 598 Å². The smallest absolute Gasteiger partial charge is 0.378 e. The number of amides is 12. The monoisotopic (exact) mass is 1440 g/mol. The Hall–Kier alpha value is -6.32. The summed E-state index contributed by atoms with van der Waals surface area (Å²) in [4.78, 5) is 191. The predicted molar refractivity (Wildman–Crippen MR) is 367 cm³/mol. The van der Waals surface area contributed by atoms with Gasteiger partial charge in [-0.25, -0.2) is 0 Å². The summed E-state index contributed by atoms with van der Waals surface area (Å²) >= 11 is 6.41. The number of nitrogens with zero attached hydrogens (tertiary/aromatic N) is 8. The van der Waals surface area contributed by atoms with Crippen LogP contribution in [0.15, 0.2) is 0 Å². The number of hydrogen-bond donors (Lipinski definition) is 4. The molecule has 29 heteroatoms. The van der Waals surface area contributed by atoms with Gasteiger partial charge in [0, 0.05) is 66.8 Å². The summed E-state index contributed by atoms with van der Waals surface area (Å²) in [5.74, 6) is -10.6. The second kappa shape index (κ2) is 34.5. The van der Waals surface area contributed by atoms with Crippen LogP contribution in [0.5, 0.6) is 0 Å². The molecule has 0 radical (unpaired) electrons. The van der Waals surface area contributed by atoms with E-state index in [9.17, 15) is 37.1 Å². The second-order valence-electron chi connectivity index (χ2n) is 31.0. The molecule has 566 valence electrons. The molecule has 5 aliphatic carbocycles. The van der Waals surface area contributed by atoms with Gasteiger partial charge in [-0.15, -0.1) is 11.6 Å². The van der Waals surface area contributed by atoms with Gasteiger partial charge in [-0.3, -0.25) is 57.5 Å². The Kier molecular flexibility index (Phi) is 26.9. The Morgan fingerprint density at radius 3 is 1.79 bits per heavy atom. The molecule has 0 aromatic rings. The van der Waals surface area contributed by atoms with Crippen molar-refractivity contribution < 1.29 is 75.4 Å². The van der Waals surface area contributed by atoms with Gasteiger partial charge in [0.2, 0.25) is 70.9 Å². The summed E-state index contributed by atoms with van der Waals surface area (Å²) in [6, 6.07) is -10.7. The Bertz CT molecular complexity index is 3010. The minimum atomic E-state index is -4.51. The summed E-state index contributed by atoms with van der Waals surface area (Å²) in [5, 5.41) is 10.5. The topological polar surface area (TPSA) is 288 Å². The first-order chi connectivity index (χ1) is 48.0. The van der Waals surface area contributed by atoms with E-state index in [1.165, 1.54) is 81.4 Å². The van der Waals surface area contributed by atoms with Gasteiger partial charge in [0.25, 0.3) is 0 Å². The van der Waals surface area contributed by atoms with E-state index in [4.69, 9.17) is 16.3 Å². The van der Waals surface area contributed by atoms with Crippen LogP contribution in [-0.4, -0.2) is 263 Å². The molecule has 101 heavy (non-hydrogen) atoms. The molecule has 4 aliphatic heterocycles. The van der Waals surface area contributed by atoms with E-state index in [1.54, 1.807) is 6.92 Å². The Morgan fingerprint density at radius 1 is 0.604 bits per heavy atom. The van der Waals surface area contributed by atoms with Crippen molar-refractivity contribution in [1.82, 2.24) is 60.5 Å². The van der Waals surface area contributed by atoms with Gasteiger partial charge in [-0.2, -0.15) is 13.2 Å². The number of halogens is 4. The molecule has 12 amide bonds. The van der Waals surface area contributed by atoms with E-state index in [2.05, 4.69) is 21.3 Å². The largest absolute Gasteiger partial charge is 0.393 e. The number of morpholine rings is 1.